The quantitative estimate of drug-likeness (QED) is 0.822. The van der Waals surface area contributed by atoms with Crippen LogP contribution < -0.4 is 5.32 Å². The molecule has 1 aliphatic heterocycles. The average Bonchev–Trinajstić information content (AvgIpc) is 2.86. The molecular formula is C17H30N2O. The predicted molar refractivity (Wildman–Crippen MR) is 83.6 cm³/mol. The average molecular weight is 278 g/mol. The Kier molecular flexibility index (Phi) is 6.11. The van der Waals surface area contributed by atoms with Crippen molar-refractivity contribution in [3.8, 4) is 0 Å². The smallest absolute Gasteiger partial charge is 0.118 e. The maximum Gasteiger partial charge on any atom is 0.118 e. The van der Waals surface area contributed by atoms with Crippen LogP contribution in [0.2, 0.25) is 0 Å². The minimum absolute atomic E-state index is 0.683. The molecule has 1 atom stereocenters. The van der Waals surface area contributed by atoms with Crippen molar-refractivity contribution in [3.05, 3.63) is 23.7 Å². The summed E-state index contributed by atoms with van der Waals surface area (Å²) in [6, 6.07) is 5.01. The zero-order valence-corrected chi connectivity index (χ0v) is 13.3. The van der Waals surface area contributed by atoms with E-state index in [-0.39, 0.29) is 0 Å². The standard InChI is InChI=1S/C17H30N2O/c1-4-15-7-5-6-10-19(15)13-17-9-8-16(20-17)12-18-11-14(2)3/h8-9,14-15,18H,4-7,10-13H2,1-3H3. The van der Waals surface area contributed by atoms with E-state index in [1.807, 2.05) is 0 Å². The number of rotatable bonds is 7. The van der Waals surface area contributed by atoms with Crippen LogP contribution in [-0.4, -0.2) is 24.0 Å². The fourth-order valence-electron chi connectivity index (χ4n) is 3.02. The van der Waals surface area contributed by atoms with Gasteiger partial charge in [0.25, 0.3) is 0 Å². The summed E-state index contributed by atoms with van der Waals surface area (Å²) in [7, 11) is 0. The molecule has 114 valence electrons. The summed E-state index contributed by atoms with van der Waals surface area (Å²) in [4.78, 5) is 2.59. The minimum atomic E-state index is 0.683. The van der Waals surface area contributed by atoms with Crippen LogP contribution in [0.1, 0.15) is 58.0 Å². The van der Waals surface area contributed by atoms with Crippen molar-refractivity contribution in [1.29, 1.82) is 0 Å². The molecule has 0 aromatic carbocycles. The van der Waals surface area contributed by atoms with E-state index in [9.17, 15) is 0 Å². The highest BCUT2D eigenvalue weighted by molar-refractivity contribution is 5.07. The van der Waals surface area contributed by atoms with Gasteiger partial charge in [0.05, 0.1) is 13.1 Å². The molecule has 0 saturated carbocycles. The SMILES string of the molecule is CCC1CCCCN1Cc1ccc(CNCC(C)C)o1. The van der Waals surface area contributed by atoms with E-state index in [1.54, 1.807) is 0 Å². The van der Waals surface area contributed by atoms with Gasteiger partial charge in [-0.25, -0.2) is 0 Å². The Labute approximate surface area is 123 Å². The van der Waals surface area contributed by atoms with Crippen molar-refractivity contribution >= 4 is 0 Å². The van der Waals surface area contributed by atoms with Gasteiger partial charge in [-0.1, -0.05) is 27.2 Å². The van der Waals surface area contributed by atoms with Crippen molar-refractivity contribution in [2.45, 2.75) is 65.6 Å². The maximum atomic E-state index is 5.96. The van der Waals surface area contributed by atoms with E-state index in [0.717, 1.165) is 37.2 Å². The molecule has 1 aromatic heterocycles. The first-order chi connectivity index (χ1) is 9.69. The van der Waals surface area contributed by atoms with Crippen molar-refractivity contribution in [3.63, 3.8) is 0 Å². The number of furan rings is 1. The number of nitrogens with one attached hydrogen (secondary N) is 1. The van der Waals surface area contributed by atoms with Crippen LogP contribution in [-0.2, 0) is 13.1 Å². The Morgan fingerprint density at radius 1 is 1.30 bits per heavy atom. The molecule has 3 nitrogen and oxygen atoms in total. The van der Waals surface area contributed by atoms with Crippen LogP contribution in [0, 0.1) is 5.92 Å². The molecule has 0 bridgehead atoms. The van der Waals surface area contributed by atoms with Gasteiger partial charge in [-0.15, -0.1) is 0 Å². The largest absolute Gasteiger partial charge is 0.463 e. The first kappa shape index (κ1) is 15.6. The molecule has 1 aliphatic rings. The molecule has 1 fully saturated rings. The molecular weight excluding hydrogens is 248 g/mol. The summed E-state index contributed by atoms with van der Waals surface area (Å²) >= 11 is 0. The lowest BCUT2D eigenvalue weighted by molar-refractivity contribution is 0.125. The van der Waals surface area contributed by atoms with Gasteiger partial charge in [-0.05, 0) is 50.4 Å². The topological polar surface area (TPSA) is 28.4 Å². The molecule has 0 amide bonds. The number of hydrogen-bond donors (Lipinski definition) is 1. The van der Waals surface area contributed by atoms with Crippen molar-refractivity contribution in [2.24, 2.45) is 5.92 Å². The maximum absolute atomic E-state index is 5.96. The second-order valence-electron chi connectivity index (χ2n) is 6.42. The summed E-state index contributed by atoms with van der Waals surface area (Å²) in [5.41, 5.74) is 0. The van der Waals surface area contributed by atoms with Gasteiger partial charge in [0.2, 0.25) is 0 Å². The van der Waals surface area contributed by atoms with Crippen LogP contribution in [0.4, 0.5) is 0 Å². The lowest BCUT2D eigenvalue weighted by Gasteiger charge is -2.34. The lowest BCUT2D eigenvalue weighted by atomic mass is 10.00. The first-order valence-corrected chi connectivity index (χ1v) is 8.21. The molecule has 20 heavy (non-hydrogen) atoms. The van der Waals surface area contributed by atoms with E-state index in [1.165, 1.54) is 32.2 Å². The second kappa shape index (κ2) is 7.84. The molecule has 1 aromatic rings. The number of piperidine rings is 1. The molecule has 2 rings (SSSR count). The van der Waals surface area contributed by atoms with Crippen LogP contribution in [0.3, 0.4) is 0 Å². The van der Waals surface area contributed by atoms with Crippen LogP contribution in [0.15, 0.2) is 16.5 Å². The summed E-state index contributed by atoms with van der Waals surface area (Å²) in [5.74, 6) is 2.86. The number of nitrogens with zero attached hydrogens (tertiary/aromatic N) is 1. The van der Waals surface area contributed by atoms with E-state index in [2.05, 4.69) is 43.1 Å². The molecule has 0 spiro atoms. The number of hydrogen-bond acceptors (Lipinski definition) is 3. The Hall–Kier alpha value is -0.800. The van der Waals surface area contributed by atoms with Gasteiger partial charge in [-0.3, -0.25) is 4.90 Å². The van der Waals surface area contributed by atoms with Gasteiger partial charge in [0.15, 0.2) is 0 Å². The molecule has 3 heteroatoms. The third-order valence-electron chi connectivity index (χ3n) is 4.15. The van der Waals surface area contributed by atoms with Crippen LogP contribution >= 0.6 is 0 Å². The normalized spacial score (nSPS) is 20.7. The third-order valence-corrected chi connectivity index (χ3v) is 4.15. The zero-order valence-electron chi connectivity index (χ0n) is 13.3. The van der Waals surface area contributed by atoms with Gasteiger partial charge in [0.1, 0.15) is 11.5 Å². The fraction of sp³-hybridized carbons (Fsp3) is 0.765. The summed E-state index contributed by atoms with van der Waals surface area (Å²) in [5, 5.41) is 3.43. The molecule has 0 aliphatic carbocycles. The van der Waals surface area contributed by atoms with Crippen molar-refractivity contribution < 1.29 is 4.42 Å². The predicted octanol–water partition coefficient (Wildman–Crippen LogP) is 3.79. The summed E-state index contributed by atoms with van der Waals surface area (Å²) < 4.78 is 5.96. The van der Waals surface area contributed by atoms with E-state index in [4.69, 9.17) is 4.42 Å². The van der Waals surface area contributed by atoms with Crippen molar-refractivity contribution in [1.82, 2.24) is 10.2 Å². The Morgan fingerprint density at radius 3 is 2.85 bits per heavy atom. The molecule has 1 saturated heterocycles. The van der Waals surface area contributed by atoms with Crippen LogP contribution in [0.5, 0.6) is 0 Å². The number of likely N-dealkylation sites (tertiary alicyclic amines) is 1. The first-order valence-electron chi connectivity index (χ1n) is 8.21. The minimum Gasteiger partial charge on any atom is -0.463 e. The third kappa shape index (κ3) is 4.64. The highest BCUT2D eigenvalue weighted by Crippen LogP contribution is 2.22. The second-order valence-corrected chi connectivity index (χ2v) is 6.42. The Morgan fingerprint density at radius 2 is 2.10 bits per heavy atom. The summed E-state index contributed by atoms with van der Waals surface area (Å²) in [6.07, 6.45) is 5.32. The molecule has 1 unspecified atom stereocenters. The lowest BCUT2D eigenvalue weighted by Crippen LogP contribution is -2.38. The Balaban J connectivity index is 1.82. The van der Waals surface area contributed by atoms with Gasteiger partial charge < -0.3 is 9.73 Å². The molecule has 2 heterocycles. The monoisotopic (exact) mass is 278 g/mol. The van der Waals surface area contributed by atoms with Crippen molar-refractivity contribution in [2.75, 3.05) is 13.1 Å². The van der Waals surface area contributed by atoms with E-state index < -0.39 is 0 Å². The highest BCUT2D eigenvalue weighted by atomic mass is 16.3. The van der Waals surface area contributed by atoms with Gasteiger partial charge in [-0.2, -0.15) is 0 Å². The highest BCUT2D eigenvalue weighted by Gasteiger charge is 2.21. The van der Waals surface area contributed by atoms with Crippen LogP contribution in [0.25, 0.3) is 0 Å². The van der Waals surface area contributed by atoms with Gasteiger partial charge in [0, 0.05) is 6.04 Å². The molecule has 0 radical (unpaired) electrons. The van der Waals surface area contributed by atoms with E-state index in [0.29, 0.717) is 5.92 Å². The zero-order chi connectivity index (χ0) is 14.4. The summed E-state index contributed by atoms with van der Waals surface area (Å²) in [6.45, 7) is 10.8. The van der Waals surface area contributed by atoms with Gasteiger partial charge >= 0.3 is 0 Å². The van der Waals surface area contributed by atoms with E-state index >= 15 is 0 Å². The Bertz CT molecular complexity index is 386. The fourth-order valence-corrected chi connectivity index (χ4v) is 3.02. The molecule has 1 N–H and O–H groups in total.